The van der Waals surface area contributed by atoms with Crippen molar-refractivity contribution in [2.24, 2.45) is 0 Å². The third-order valence-electron chi connectivity index (χ3n) is 2.83. The maximum absolute atomic E-state index is 11.6. The molecule has 1 saturated heterocycles. The van der Waals surface area contributed by atoms with E-state index in [9.17, 15) is 9.59 Å². The number of ether oxygens (including phenoxy) is 1. The van der Waals surface area contributed by atoms with Crippen LogP contribution >= 0.6 is 0 Å². The quantitative estimate of drug-likeness (QED) is 0.642. The highest BCUT2D eigenvalue weighted by Crippen LogP contribution is 2.23. The molecular weight excluding hydrogens is 224 g/mol. The Morgan fingerprint density at radius 1 is 1.47 bits per heavy atom. The van der Waals surface area contributed by atoms with E-state index in [2.05, 4.69) is 17.6 Å². The lowest BCUT2D eigenvalue weighted by Crippen LogP contribution is -2.52. The normalized spacial score (nSPS) is 23.4. The van der Waals surface area contributed by atoms with Crippen LogP contribution in [-0.2, 0) is 9.53 Å². The Balaban J connectivity index is 2.34. The molecule has 1 unspecified atom stereocenters. The Morgan fingerprint density at radius 2 is 2.24 bits per heavy atom. The molecule has 1 heterocycles. The van der Waals surface area contributed by atoms with Gasteiger partial charge in [0, 0.05) is 13.2 Å². The van der Waals surface area contributed by atoms with E-state index in [1.807, 2.05) is 0 Å². The van der Waals surface area contributed by atoms with E-state index in [-0.39, 0.29) is 24.5 Å². The first-order chi connectivity index (χ1) is 8.08. The topological polar surface area (TPSA) is 87.7 Å². The average molecular weight is 244 g/mol. The van der Waals surface area contributed by atoms with Gasteiger partial charge in [0.2, 0.25) is 0 Å². The smallest absolute Gasteiger partial charge is 0.315 e. The molecular formula is C11H20N2O4. The van der Waals surface area contributed by atoms with Crippen molar-refractivity contribution in [3.8, 4) is 0 Å². The van der Waals surface area contributed by atoms with E-state index in [1.165, 1.54) is 0 Å². The maximum Gasteiger partial charge on any atom is 0.315 e. The third kappa shape index (κ3) is 4.60. The molecule has 0 aromatic heterocycles. The van der Waals surface area contributed by atoms with Crippen molar-refractivity contribution in [3.63, 3.8) is 0 Å². The van der Waals surface area contributed by atoms with Crippen molar-refractivity contribution < 1.29 is 19.4 Å². The summed E-state index contributed by atoms with van der Waals surface area (Å²) in [5.74, 6) is -0.919. The number of carboxylic acids is 1. The number of carbonyl (C=O) groups is 2. The zero-order valence-electron chi connectivity index (χ0n) is 10.1. The predicted octanol–water partition coefficient (Wildman–Crippen LogP) is 0.719. The molecule has 6 heteroatoms. The van der Waals surface area contributed by atoms with Crippen molar-refractivity contribution in [2.75, 3.05) is 19.8 Å². The number of hydrogen-bond donors (Lipinski definition) is 3. The minimum Gasteiger partial charge on any atom is -0.481 e. The Bertz CT molecular complexity index is 275. The number of amides is 2. The first kappa shape index (κ1) is 13.8. The lowest BCUT2D eigenvalue weighted by Gasteiger charge is -2.28. The highest BCUT2D eigenvalue weighted by atomic mass is 16.5. The fourth-order valence-corrected chi connectivity index (χ4v) is 2.01. The van der Waals surface area contributed by atoms with E-state index < -0.39 is 5.97 Å². The standard InChI is InChI=1S/C11H20N2O4/c1-2-4-11(5-7-17-8-11)13-10(16)12-6-3-9(14)15/h2-8H2,1H3,(H,14,15)(H2,12,13,16). The molecule has 0 saturated carbocycles. The molecule has 6 nitrogen and oxygen atoms in total. The van der Waals surface area contributed by atoms with Crippen molar-refractivity contribution in [3.05, 3.63) is 0 Å². The summed E-state index contributed by atoms with van der Waals surface area (Å²) < 4.78 is 5.32. The largest absolute Gasteiger partial charge is 0.481 e. The van der Waals surface area contributed by atoms with E-state index in [1.54, 1.807) is 0 Å². The molecule has 1 aliphatic rings. The Labute approximate surface area is 101 Å². The predicted molar refractivity (Wildman–Crippen MR) is 61.9 cm³/mol. The highest BCUT2D eigenvalue weighted by Gasteiger charge is 2.35. The van der Waals surface area contributed by atoms with Crippen molar-refractivity contribution in [1.82, 2.24) is 10.6 Å². The fourth-order valence-electron chi connectivity index (χ4n) is 2.01. The van der Waals surface area contributed by atoms with Gasteiger partial charge in [-0.3, -0.25) is 4.79 Å². The van der Waals surface area contributed by atoms with Gasteiger partial charge in [-0.1, -0.05) is 13.3 Å². The Morgan fingerprint density at radius 3 is 2.76 bits per heavy atom. The molecule has 0 aromatic rings. The molecule has 98 valence electrons. The number of urea groups is 1. The van der Waals surface area contributed by atoms with Gasteiger partial charge in [0.25, 0.3) is 0 Å². The number of hydrogen-bond acceptors (Lipinski definition) is 3. The molecule has 17 heavy (non-hydrogen) atoms. The monoisotopic (exact) mass is 244 g/mol. The molecule has 2 amide bonds. The van der Waals surface area contributed by atoms with Crippen LogP contribution in [0.4, 0.5) is 4.79 Å². The summed E-state index contributed by atoms with van der Waals surface area (Å²) in [7, 11) is 0. The van der Waals surface area contributed by atoms with Crippen LogP contribution in [0.25, 0.3) is 0 Å². The van der Waals surface area contributed by atoms with Crippen LogP contribution in [-0.4, -0.2) is 42.4 Å². The molecule has 0 aliphatic carbocycles. The summed E-state index contributed by atoms with van der Waals surface area (Å²) >= 11 is 0. The van der Waals surface area contributed by atoms with Gasteiger partial charge >= 0.3 is 12.0 Å². The van der Waals surface area contributed by atoms with Gasteiger partial charge in [0.15, 0.2) is 0 Å². The number of carboxylic acid groups (broad SMARTS) is 1. The maximum atomic E-state index is 11.6. The summed E-state index contributed by atoms with van der Waals surface area (Å²) in [6, 6.07) is -0.315. The highest BCUT2D eigenvalue weighted by molar-refractivity contribution is 5.75. The van der Waals surface area contributed by atoms with Crippen LogP contribution in [0, 0.1) is 0 Å². The first-order valence-electron chi connectivity index (χ1n) is 5.93. The Kier molecular flexibility index (Phi) is 5.21. The van der Waals surface area contributed by atoms with Crippen LogP contribution in [0.2, 0.25) is 0 Å². The minimum atomic E-state index is -0.919. The molecule has 0 radical (unpaired) electrons. The second-order valence-corrected chi connectivity index (χ2v) is 4.36. The van der Waals surface area contributed by atoms with E-state index in [0.717, 1.165) is 19.3 Å². The number of carbonyl (C=O) groups excluding carboxylic acids is 1. The molecule has 0 aromatic carbocycles. The van der Waals surface area contributed by atoms with Gasteiger partial charge in [-0.15, -0.1) is 0 Å². The summed E-state index contributed by atoms with van der Waals surface area (Å²) in [6.45, 7) is 3.40. The second kappa shape index (κ2) is 6.44. The van der Waals surface area contributed by atoms with Gasteiger partial charge in [-0.05, 0) is 12.8 Å². The molecule has 3 N–H and O–H groups in total. The molecule has 1 aliphatic heterocycles. The molecule has 1 atom stereocenters. The van der Waals surface area contributed by atoms with Crippen LogP contribution in [0.5, 0.6) is 0 Å². The summed E-state index contributed by atoms with van der Waals surface area (Å²) in [5.41, 5.74) is -0.276. The van der Waals surface area contributed by atoms with Crippen LogP contribution in [0.1, 0.15) is 32.6 Å². The molecule has 0 bridgehead atoms. The Hall–Kier alpha value is -1.30. The number of nitrogens with one attached hydrogen (secondary N) is 2. The van der Waals surface area contributed by atoms with Gasteiger partial charge in [-0.2, -0.15) is 0 Å². The second-order valence-electron chi connectivity index (χ2n) is 4.36. The fraction of sp³-hybridized carbons (Fsp3) is 0.818. The van der Waals surface area contributed by atoms with Gasteiger partial charge < -0.3 is 20.5 Å². The van der Waals surface area contributed by atoms with Gasteiger partial charge in [0.05, 0.1) is 18.6 Å². The average Bonchev–Trinajstić information content (AvgIpc) is 2.66. The van der Waals surface area contributed by atoms with Gasteiger partial charge in [-0.25, -0.2) is 4.79 Å². The van der Waals surface area contributed by atoms with Crippen molar-refractivity contribution in [2.45, 2.75) is 38.1 Å². The van der Waals surface area contributed by atoms with Crippen LogP contribution < -0.4 is 10.6 Å². The summed E-state index contributed by atoms with van der Waals surface area (Å²) in [5, 5.41) is 13.9. The summed E-state index contributed by atoms with van der Waals surface area (Å²) in [6.07, 6.45) is 2.59. The third-order valence-corrected chi connectivity index (χ3v) is 2.83. The molecule has 0 spiro atoms. The van der Waals surface area contributed by atoms with E-state index in [4.69, 9.17) is 9.84 Å². The van der Waals surface area contributed by atoms with Crippen LogP contribution in [0.15, 0.2) is 0 Å². The minimum absolute atomic E-state index is 0.0648. The number of rotatable bonds is 6. The number of aliphatic carboxylic acids is 1. The molecule has 1 rings (SSSR count). The zero-order valence-corrected chi connectivity index (χ0v) is 10.1. The lowest BCUT2D eigenvalue weighted by atomic mass is 9.93. The van der Waals surface area contributed by atoms with E-state index >= 15 is 0 Å². The van der Waals surface area contributed by atoms with Crippen LogP contribution in [0.3, 0.4) is 0 Å². The zero-order chi connectivity index (χ0) is 12.7. The lowest BCUT2D eigenvalue weighted by molar-refractivity contribution is -0.136. The summed E-state index contributed by atoms with van der Waals surface area (Å²) in [4.78, 5) is 21.9. The van der Waals surface area contributed by atoms with Crippen molar-refractivity contribution in [1.29, 1.82) is 0 Å². The molecule has 1 fully saturated rings. The van der Waals surface area contributed by atoms with Crippen molar-refractivity contribution >= 4 is 12.0 Å². The first-order valence-corrected chi connectivity index (χ1v) is 5.93. The van der Waals surface area contributed by atoms with Gasteiger partial charge in [0.1, 0.15) is 0 Å². The van der Waals surface area contributed by atoms with E-state index in [0.29, 0.717) is 13.2 Å². The SMILES string of the molecule is CCCC1(NC(=O)NCCC(=O)O)CCOC1.